The maximum atomic E-state index is 2.56. The maximum absolute atomic E-state index is 2.56. The van der Waals surface area contributed by atoms with Gasteiger partial charge >= 0.3 is 0 Å². The summed E-state index contributed by atoms with van der Waals surface area (Å²) in [5.41, 5.74) is 0.559. The zero-order valence-electron chi connectivity index (χ0n) is 19.8. The van der Waals surface area contributed by atoms with Crippen LogP contribution in [0.4, 0.5) is 0 Å². The Morgan fingerprint density at radius 3 is 1.58 bits per heavy atom. The lowest BCUT2D eigenvalue weighted by Crippen LogP contribution is -2.26. The van der Waals surface area contributed by atoms with Gasteiger partial charge in [0.05, 0.1) is 0 Å². The minimum absolute atomic E-state index is 0.559. The number of hydrogen-bond acceptors (Lipinski definition) is 0. The van der Waals surface area contributed by atoms with Gasteiger partial charge in [0.25, 0.3) is 0 Å². The topological polar surface area (TPSA) is 0 Å². The summed E-state index contributed by atoms with van der Waals surface area (Å²) in [7, 11) is 0. The molecule has 26 heavy (non-hydrogen) atoms. The van der Waals surface area contributed by atoms with Gasteiger partial charge in [-0.1, -0.05) is 132 Å². The first-order valence-electron chi connectivity index (χ1n) is 12.5. The molecule has 0 bridgehead atoms. The molecule has 0 N–H and O–H groups in total. The van der Waals surface area contributed by atoms with Gasteiger partial charge in [0, 0.05) is 0 Å². The van der Waals surface area contributed by atoms with Gasteiger partial charge < -0.3 is 0 Å². The zero-order valence-corrected chi connectivity index (χ0v) is 19.8. The summed E-state index contributed by atoms with van der Waals surface area (Å²) in [6.07, 6.45) is 21.4. The van der Waals surface area contributed by atoms with Crippen LogP contribution in [0.1, 0.15) is 145 Å². The Hall–Kier alpha value is 0. The van der Waals surface area contributed by atoms with Crippen molar-refractivity contribution >= 4 is 0 Å². The van der Waals surface area contributed by atoms with Crippen LogP contribution in [-0.4, -0.2) is 0 Å². The largest absolute Gasteiger partial charge is 0.0654 e. The highest BCUT2D eigenvalue weighted by atomic mass is 14.4. The molecule has 0 aliphatic heterocycles. The predicted octanol–water partition coefficient (Wildman–Crippen LogP) is 9.81. The average molecular weight is 367 g/mol. The molecule has 0 aliphatic rings. The van der Waals surface area contributed by atoms with Crippen molar-refractivity contribution < 1.29 is 0 Å². The maximum Gasteiger partial charge on any atom is -0.0328 e. The second-order valence-corrected chi connectivity index (χ2v) is 9.51. The van der Waals surface area contributed by atoms with E-state index in [-0.39, 0.29) is 0 Å². The summed E-state index contributed by atoms with van der Waals surface area (Å²) in [5.74, 6) is 2.89. The van der Waals surface area contributed by atoms with E-state index in [4.69, 9.17) is 0 Å². The van der Waals surface area contributed by atoms with Crippen molar-refractivity contribution in [3.63, 3.8) is 0 Å². The van der Waals surface area contributed by atoms with Crippen molar-refractivity contribution in [2.45, 2.75) is 145 Å². The van der Waals surface area contributed by atoms with Crippen molar-refractivity contribution in [3.8, 4) is 0 Å². The van der Waals surface area contributed by atoms with E-state index < -0.39 is 0 Å². The van der Waals surface area contributed by atoms with Crippen LogP contribution in [0.2, 0.25) is 0 Å². The number of unbranched alkanes of at least 4 members (excludes halogenated alkanes) is 5. The lowest BCUT2D eigenvalue weighted by Gasteiger charge is -2.38. The van der Waals surface area contributed by atoms with E-state index in [1.54, 1.807) is 0 Å². The molecule has 0 heterocycles. The number of rotatable bonds is 18. The Balaban J connectivity index is 5.15. The quantitative estimate of drug-likeness (QED) is 0.212. The molecule has 0 aliphatic carbocycles. The summed E-state index contributed by atoms with van der Waals surface area (Å²) < 4.78 is 0. The average Bonchev–Trinajstić information content (AvgIpc) is 2.67. The first-order chi connectivity index (χ1) is 12.5. The van der Waals surface area contributed by atoms with Crippen molar-refractivity contribution in [2.24, 2.45) is 23.2 Å². The molecule has 0 heteroatoms. The molecule has 0 aromatic heterocycles. The molecule has 0 amide bonds. The van der Waals surface area contributed by atoms with Crippen LogP contribution in [0.25, 0.3) is 0 Å². The molecule has 158 valence electrons. The zero-order chi connectivity index (χ0) is 19.8. The Labute approximate surface area is 168 Å². The first kappa shape index (κ1) is 26.0. The van der Waals surface area contributed by atoms with Crippen LogP contribution in [0, 0.1) is 23.2 Å². The summed E-state index contributed by atoms with van der Waals surface area (Å²) >= 11 is 0. The lowest BCUT2D eigenvalue weighted by molar-refractivity contribution is 0.135. The highest BCUT2D eigenvalue weighted by molar-refractivity contribution is 4.81. The van der Waals surface area contributed by atoms with Crippen LogP contribution in [0.15, 0.2) is 0 Å². The summed E-state index contributed by atoms with van der Waals surface area (Å²) in [5, 5.41) is 0. The van der Waals surface area contributed by atoms with Gasteiger partial charge in [-0.15, -0.1) is 0 Å². The van der Waals surface area contributed by atoms with Crippen LogP contribution < -0.4 is 0 Å². The highest BCUT2D eigenvalue weighted by Gasteiger charge is 2.30. The van der Waals surface area contributed by atoms with E-state index in [9.17, 15) is 0 Å². The van der Waals surface area contributed by atoms with Gasteiger partial charge in [-0.25, -0.2) is 0 Å². The van der Waals surface area contributed by atoms with Gasteiger partial charge in [0.1, 0.15) is 0 Å². The third-order valence-corrected chi connectivity index (χ3v) is 7.53. The monoisotopic (exact) mass is 366 g/mol. The minimum Gasteiger partial charge on any atom is -0.0654 e. The van der Waals surface area contributed by atoms with Crippen molar-refractivity contribution in [1.82, 2.24) is 0 Å². The Morgan fingerprint density at radius 1 is 0.615 bits per heavy atom. The first-order valence-corrected chi connectivity index (χ1v) is 12.5. The van der Waals surface area contributed by atoms with E-state index in [0.717, 1.165) is 17.8 Å². The molecule has 2 atom stereocenters. The normalized spacial score (nSPS) is 14.8. The van der Waals surface area contributed by atoms with E-state index in [0.29, 0.717) is 5.41 Å². The molecular formula is C26H54. The Bertz CT molecular complexity index is 284. The van der Waals surface area contributed by atoms with Gasteiger partial charge in [-0.3, -0.25) is 0 Å². The molecule has 0 saturated carbocycles. The van der Waals surface area contributed by atoms with Crippen molar-refractivity contribution in [3.05, 3.63) is 0 Å². The third kappa shape index (κ3) is 11.0. The Morgan fingerprint density at radius 2 is 1.12 bits per heavy atom. The Kier molecular flexibility index (Phi) is 16.0. The molecule has 0 fully saturated rings. The predicted molar refractivity (Wildman–Crippen MR) is 122 cm³/mol. The van der Waals surface area contributed by atoms with Gasteiger partial charge in [0.2, 0.25) is 0 Å². The van der Waals surface area contributed by atoms with Crippen molar-refractivity contribution in [1.29, 1.82) is 0 Å². The molecule has 0 saturated heterocycles. The fourth-order valence-corrected chi connectivity index (χ4v) is 4.77. The molecule has 0 nitrogen and oxygen atoms in total. The van der Waals surface area contributed by atoms with E-state index >= 15 is 0 Å². The minimum atomic E-state index is 0.559. The fraction of sp³-hybridized carbons (Fsp3) is 1.00. The molecule has 0 rings (SSSR count). The SMILES string of the molecule is CCCCCCC(CCCCC)C(CC(CC)CC)CC(C)(CC)CC. The van der Waals surface area contributed by atoms with Gasteiger partial charge in [-0.2, -0.15) is 0 Å². The van der Waals surface area contributed by atoms with Gasteiger partial charge in [0.15, 0.2) is 0 Å². The molecule has 0 spiro atoms. The standard InChI is InChI=1S/C26H54/c1-8-14-16-18-20-24(19-17-15-9-2)25(21-23(10-3)11-4)22-26(7,12-5)13-6/h23-25H,8-22H2,1-7H3. The second-order valence-electron chi connectivity index (χ2n) is 9.51. The number of hydrogen-bond donors (Lipinski definition) is 0. The molecule has 0 aromatic carbocycles. The van der Waals surface area contributed by atoms with Crippen LogP contribution in [-0.2, 0) is 0 Å². The van der Waals surface area contributed by atoms with E-state index in [1.807, 2.05) is 0 Å². The molecule has 2 unspecified atom stereocenters. The summed E-state index contributed by atoms with van der Waals surface area (Å²) in [6.45, 7) is 16.9. The van der Waals surface area contributed by atoms with Crippen LogP contribution in [0.5, 0.6) is 0 Å². The summed E-state index contributed by atoms with van der Waals surface area (Å²) in [4.78, 5) is 0. The molecule has 0 radical (unpaired) electrons. The van der Waals surface area contributed by atoms with Crippen LogP contribution in [0.3, 0.4) is 0 Å². The van der Waals surface area contributed by atoms with Crippen molar-refractivity contribution in [2.75, 3.05) is 0 Å². The fourth-order valence-electron chi connectivity index (χ4n) is 4.77. The highest BCUT2D eigenvalue weighted by Crippen LogP contribution is 2.42. The van der Waals surface area contributed by atoms with Crippen LogP contribution >= 0.6 is 0 Å². The van der Waals surface area contributed by atoms with Gasteiger partial charge in [-0.05, 0) is 36.0 Å². The summed E-state index contributed by atoms with van der Waals surface area (Å²) in [6, 6.07) is 0. The third-order valence-electron chi connectivity index (χ3n) is 7.53. The molecular weight excluding hydrogens is 312 g/mol. The smallest absolute Gasteiger partial charge is 0.0328 e. The lowest BCUT2D eigenvalue weighted by atomic mass is 9.68. The van der Waals surface area contributed by atoms with E-state index in [1.165, 1.54) is 96.3 Å². The van der Waals surface area contributed by atoms with E-state index in [2.05, 4.69) is 48.5 Å². The molecule has 0 aromatic rings. The second kappa shape index (κ2) is 16.0.